The number of rotatable bonds is 3. The van der Waals surface area contributed by atoms with E-state index in [-0.39, 0.29) is 17.4 Å². The largest absolute Gasteiger partial charge is 0.432 e. The van der Waals surface area contributed by atoms with E-state index in [1.807, 2.05) is 0 Å². The van der Waals surface area contributed by atoms with Crippen LogP contribution in [0.5, 0.6) is 0 Å². The molecule has 13 heavy (non-hydrogen) atoms. The van der Waals surface area contributed by atoms with E-state index in [4.69, 9.17) is 11.5 Å². The normalized spacial score (nSPS) is 11.3. The molecule has 1 rings (SSSR count). The first-order valence-corrected chi connectivity index (χ1v) is 3.27. The summed E-state index contributed by atoms with van der Waals surface area (Å²) in [6, 6.07) is -0.0694. The summed E-state index contributed by atoms with van der Waals surface area (Å²) in [6.07, 6.45) is 1.16. The van der Waals surface area contributed by atoms with Gasteiger partial charge in [-0.3, -0.25) is 4.79 Å². The molecule has 0 bridgehead atoms. The van der Waals surface area contributed by atoms with Crippen molar-refractivity contribution in [3.05, 3.63) is 12.0 Å². The Labute approximate surface area is 73.3 Å². The minimum atomic E-state index is -0.768. The van der Waals surface area contributed by atoms with E-state index in [2.05, 4.69) is 19.4 Å². The summed E-state index contributed by atoms with van der Waals surface area (Å²) >= 11 is 0. The zero-order chi connectivity index (χ0) is 9.84. The van der Waals surface area contributed by atoms with Crippen LogP contribution in [0.25, 0.3) is 0 Å². The molecule has 1 aromatic heterocycles. The zero-order valence-electron chi connectivity index (χ0n) is 6.85. The van der Waals surface area contributed by atoms with Gasteiger partial charge in [0, 0.05) is 0 Å². The second-order valence-electron chi connectivity index (χ2n) is 2.06. The van der Waals surface area contributed by atoms with Gasteiger partial charge in [0.2, 0.25) is 0 Å². The average Bonchev–Trinajstić information content (AvgIpc) is 2.46. The van der Waals surface area contributed by atoms with Gasteiger partial charge in [-0.2, -0.15) is 4.98 Å². The third-order valence-electron chi connectivity index (χ3n) is 1.18. The van der Waals surface area contributed by atoms with E-state index in [0.717, 1.165) is 6.26 Å². The number of aromatic nitrogens is 1. The Bertz CT molecular complexity index is 343. The monoisotopic (exact) mass is 184 g/mol. The van der Waals surface area contributed by atoms with Crippen LogP contribution in [0.4, 0.5) is 6.01 Å². The second-order valence-corrected chi connectivity index (χ2v) is 2.06. The first kappa shape index (κ1) is 9.04. The van der Waals surface area contributed by atoms with Crippen LogP contribution in [0.1, 0.15) is 5.69 Å². The summed E-state index contributed by atoms with van der Waals surface area (Å²) in [5.41, 5.74) is 10.2. The van der Waals surface area contributed by atoms with Crippen molar-refractivity contribution < 1.29 is 14.0 Å². The van der Waals surface area contributed by atoms with Crippen molar-refractivity contribution in [2.75, 3.05) is 12.8 Å². The van der Waals surface area contributed by atoms with Crippen molar-refractivity contribution in [3.8, 4) is 0 Å². The Morgan fingerprint density at radius 1 is 1.77 bits per heavy atom. The van der Waals surface area contributed by atoms with E-state index in [9.17, 15) is 4.79 Å². The second kappa shape index (κ2) is 3.57. The van der Waals surface area contributed by atoms with E-state index >= 15 is 0 Å². The minimum Gasteiger partial charge on any atom is -0.432 e. The van der Waals surface area contributed by atoms with E-state index in [1.165, 1.54) is 7.11 Å². The number of nitrogens with two attached hydrogens (primary N) is 2. The highest BCUT2D eigenvalue weighted by atomic mass is 16.6. The number of carbonyl (C=O) groups excluding carboxylic acids is 1. The van der Waals surface area contributed by atoms with Gasteiger partial charge in [-0.1, -0.05) is 5.16 Å². The van der Waals surface area contributed by atoms with Crippen molar-refractivity contribution in [1.82, 2.24) is 4.98 Å². The van der Waals surface area contributed by atoms with Crippen molar-refractivity contribution >= 4 is 17.6 Å². The number of hydrogen-bond acceptors (Lipinski definition) is 6. The van der Waals surface area contributed by atoms with Crippen LogP contribution in [-0.2, 0) is 9.63 Å². The lowest BCUT2D eigenvalue weighted by atomic mass is 10.3. The summed E-state index contributed by atoms with van der Waals surface area (Å²) in [4.78, 5) is 18.8. The number of primary amides is 1. The van der Waals surface area contributed by atoms with Gasteiger partial charge in [-0.25, -0.2) is 0 Å². The van der Waals surface area contributed by atoms with Crippen molar-refractivity contribution in [2.45, 2.75) is 0 Å². The Morgan fingerprint density at radius 3 is 2.85 bits per heavy atom. The maximum absolute atomic E-state index is 10.8. The molecular weight excluding hydrogens is 176 g/mol. The van der Waals surface area contributed by atoms with Crippen molar-refractivity contribution in [1.29, 1.82) is 0 Å². The standard InChI is InChI=1S/C6H8N4O3/c1-12-10-4(5(7)11)3-2-13-6(8)9-3/h2H,1H3,(H2,7,11)(H2,8,9). The zero-order valence-corrected chi connectivity index (χ0v) is 6.85. The number of oxime groups is 1. The summed E-state index contributed by atoms with van der Waals surface area (Å²) in [5.74, 6) is -0.768. The summed E-state index contributed by atoms with van der Waals surface area (Å²) in [7, 11) is 1.28. The molecule has 0 aliphatic rings. The highest BCUT2D eigenvalue weighted by molar-refractivity contribution is 6.44. The Hall–Kier alpha value is -2.05. The Morgan fingerprint density at radius 2 is 2.46 bits per heavy atom. The summed E-state index contributed by atoms with van der Waals surface area (Å²) in [6.45, 7) is 0. The fourth-order valence-corrected chi connectivity index (χ4v) is 0.706. The fraction of sp³-hybridized carbons (Fsp3) is 0.167. The molecule has 7 nitrogen and oxygen atoms in total. The molecule has 4 N–H and O–H groups in total. The number of anilines is 1. The van der Waals surface area contributed by atoms with E-state index < -0.39 is 5.91 Å². The molecule has 0 aliphatic carbocycles. The molecule has 1 aromatic rings. The molecule has 0 aromatic carbocycles. The van der Waals surface area contributed by atoms with Crippen molar-refractivity contribution in [2.24, 2.45) is 10.9 Å². The molecule has 0 saturated carbocycles. The molecule has 70 valence electrons. The molecule has 0 unspecified atom stereocenters. The summed E-state index contributed by atoms with van der Waals surface area (Å²) < 4.78 is 4.66. The highest BCUT2D eigenvalue weighted by Gasteiger charge is 2.15. The van der Waals surface area contributed by atoms with E-state index in [0.29, 0.717) is 0 Å². The molecule has 1 heterocycles. The van der Waals surface area contributed by atoms with Crippen LogP contribution in [0.15, 0.2) is 15.8 Å². The lowest BCUT2D eigenvalue weighted by molar-refractivity contribution is -0.112. The molecular formula is C6H8N4O3. The predicted molar refractivity (Wildman–Crippen MR) is 43.7 cm³/mol. The van der Waals surface area contributed by atoms with Gasteiger partial charge in [0.15, 0.2) is 5.71 Å². The van der Waals surface area contributed by atoms with Gasteiger partial charge in [0.05, 0.1) is 0 Å². The fourth-order valence-electron chi connectivity index (χ4n) is 0.706. The number of oxazole rings is 1. The first-order chi connectivity index (χ1) is 6.15. The minimum absolute atomic E-state index is 0.0694. The molecule has 7 heteroatoms. The SMILES string of the molecule is CON=C(C(N)=O)c1coc(N)n1. The quantitative estimate of drug-likeness (QED) is 0.466. The third-order valence-corrected chi connectivity index (χ3v) is 1.18. The molecule has 0 atom stereocenters. The Kier molecular flexibility index (Phi) is 2.48. The summed E-state index contributed by atoms with van der Waals surface area (Å²) in [5, 5.41) is 3.37. The van der Waals surface area contributed by atoms with Gasteiger partial charge < -0.3 is 20.7 Å². The molecule has 0 aliphatic heterocycles. The molecule has 0 saturated heterocycles. The van der Waals surface area contributed by atoms with Crippen LogP contribution in [0.2, 0.25) is 0 Å². The van der Waals surface area contributed by atoms with Gasteiger partial charge >= 0.3 is 0 Å². The first-order valence-electron chi connectivity index (χ1n) is 3.27. The van der Waals surface area contributed by atoms with Gasteiger partial charge in [0.1, 0.15) is 19.1 Å². The maximum Gasteiger partial charge on any atom is 0.292 e. The van der Waals surface area contributed by atoms with Crippen LogP contribution in [-0.4, -0.2) is 23.7 Å². The smallest absolute Gasteiger partial charge is 0.292 e. The van der Waals surface area contributed by atoms with Crippen molar-refractivity contribution in [3.63, 3.8) is 0 Å². The maximum atomic E-state index is 10.8. The molecule has 0 spiro atoms. The highest BCUT2D eigenvalue weighted by Crippen LogP contribution is 2.04. The lowest BCUT2D eigenvalue weighted by Crippen LogP contribution is -2.24. The lowest BCUT2D eigenvalue weighted by Gasteiger charge is -1.94. The predicted octanol–water partition coefficient (Wildman–Crippen LogP) is -0.907. The third kappa shape index (κ3) is 1.95. The van der Waals surface area contributed by atoms with Crippen LogP contribution in [0.3, 0.4) is 0 Å². The van der Waals surface area contributed by atoms with Crippen LogP contribution in [0, 0.1) is 0 Å². The molecule has 0 fully saturated rings. The topological polar surface area (TPSA) is 117 Å². The van der Waals surface area contributed by atoms with Gasteiger partial charge in [-0.05, 0) is 0 Å². The average molecular weight is 184 g/mol. The van der Waals surface area contributed by atoms with E-state index in [1.54, 1.807) is 0 Å². The number of hydrogen-bond donors (Lipinski definition) is 2. The number of amides is 1. The number of nitrogen functional groups attached to an aromatic ring is 1. The number of carbonyl (C=O) groups is 1. The van der Waals surface area contributed by atoms with Gasteiger partial charge in [0.25, 0.3) is 11.9 Å². The molecule has 1 amide bonds. The van der Waals surface area contributed by atoms with Gasteiger partial charge in [-0.15, -0.1) is 0 Å². The Balaban J connectivity index is 3.02. The van der Waals surface area contributed by atoms with Crippen LogP contribution < -0.4 is 11.5 Å². The van der Waals surface area contributed by atoms with Crippen LogP contribution >= 0.6 is 0 Å². The number of nitrogens with zero attached hydrogens (tertiary/aromatic N) is 2. The molecule has 0 radical (unpaired) electrons.